The van der Waals surface area contributed by atoms with Crippen LogP contribution in [0.1, 0.15) is 38.9 Å². The van der Waals surface area contributed by atoms with Gasteiger partial charge in [0.25, 0.3) is 15.9 Å². The number of ether oxygens (including phenoxy) is 1. The molecule has 1 saturated heterocycles. The minimum Gasteiger partial charge on any atom is -0.452 e. The third-order valence-electron chi connectivity index (χ3n) is 4.69. The van der Waals surface area contributed by atoms with Crippen LogP contribution in [0.2, 0.25) is 0 Å². The Morgan fingerprint density at radius 2 is 2.00 bits per heavy atom. The van der Waals surface area contributed by atoms with Crippen LogP contribution in [0.4, 0.5) is 0 Å². The van der Waals surface area contributed by atoms with Crippen molar-refractivity contribution >= 4 is 21.9 Å². The molecule has 0 aliphatic carbocycles. The van der Waals surface area contributed by atoms with Crippen molar-refractivity contribution in [2.45, 2.75) is 51.2 Å². The number of carbonyl (C=O) groups is 2. The molecule has 0 aromatic carbocycles. The SMILES string of the molecule is CCCNC(=O)C(C)OC(=O)C1CCN(S(=O)(=O)c2cn(C)c(C)n2)CC1. The molecule has 1 atom stereocenters. The first-order valence-corrected chi connectivity index (χ1v) is 10.6. The molecule has 0 radical (unpaired) electrons. The highest BCUT2D eigenvalue weighted by molar-refractivity contribution is 7.89. The number of sulfonamides is 1. The maximum absolute atomic E-state index is 12.7. The third kappa shape index (κ3) is 5.07. The van der Waals surface area contributed by atoms with Crippen LogP contribution in [-0.4, -0.2) is 59.9 Å². The Balaban J connectivity index is 1.90. The van der Waals surface area contributed by atoms with E-state index in [-0.39, 0.29) is 24.0 Å². The number of rotatable bonds is 7. The Hall–Kier alpha value is -1.94. The van der Waals surface area contributed by atoms with E-state index in [0.717, 1.165) is 6.42 Å². The highest BCUT2D eigenvalue weighted by Gasteiger charge is 2.35. The normalized spacial score (nSPS) is 17.5. The van der Waals surface area contributed by atoms with Gasteiger partial charge in [-0.25, -0.2) is 13.4 Å². The molecule has 1 aliphatic heterocycles. The van der Waals surface area contributed by atoms with Gasteiger partial charge in [0, 0.05) is 32.9 Å². The first-order chi connectivity index (χ1) is 12.7. The molecule has 10 heteroatoms. The average Bonchev–Trinajstić information content (AvgIpc) is 2.99. The van der Waals surface area contributed by atoms with Crippen LogP contribution in [0.5, 0.6) is 0 Å². The Morgan fingerprint density at radius 1 is 1.37 bits per heavy atom. The minimum absolute atomic E-state index is 0.0183. The van der Waals surface area contributed by atoms with Crippen molar-refractivity contribution in [1.29, 1.82) is 0 Å². The Bertz CT molecular complexity index is 762. The van der Waals surface area contributed by atoms with Gasteiger partial charge >= 0.3 is 5.97 Å². The Morgan fingerprint density at radius 3 is 2.52 bits per heavy atom. The Kier molecular flexibility index (Phi) is 6.99. The summed E-state index contributed by atoms with van der Waals surface area (Å²) in [6.07, 6.45) is 2.14. The maximum atomic E-state index is 12.7. The summed E-state index contributed by atoms with van der Waals surface area (Å²) in [4.78, 5) is 28.2. The molecule has 152 valence electrons. The zero-order valence-electron chi connectivity index (χ0n) is 16.3. The van der Waals surface area contributed by atoms with Crippen molar-refractivity contribution in [1.82, 2.24) is 19.2 Å². The first kappa shape index (κ1) is 21.4. The molecule has 1 aromatic rings. The van der Waals surface area contributed by atoms with Crippen LogP contribution in [0.15, 0.2) is 11.2 Å². The van der Waals surface area contributed by atoms with Crippen molar-refractivity contribution in [3.05, 3.63) is 12.0 Å². The van der Waals surface area contributed by atoms with Gasteiger partial charge in [0.15, 0.2) is 11.1 Å². The summed E-state index contributed by atoms with van der Waals surface area (Å²) in [7, 11) is -1.94. The minimum atomic E-state index is -3.67. The lowest BCUT2D eigenvalue weighted by molar-refractivity contribution is -0.159. The second-order valence-corrected chi connectivity index (χ2v) is 8.67. The summed E-state index contributed by atoms with van der Waals surface area (Å²) in [6, 6.07) is 0. The van der Waals surface area contributed by atoms with Gasteiger partial charge in [0.1, 0.15) is 5.82 Å². The van der Waals surface area contributed by atoms with Crippen molar-refractivity contribution in [3.63, 3.8) is 0 Å². The molecule has 1 aromatic heterocycles. The number of hydrogen-bond donors (Lipinski definition) is 1. The zero-order chi connectivity index (χ0) is 20.2. The fourth-order valence-electron chi connectivity index (χ4n) is 2.83. The summed E-state index contributed by atoms with van der Waals surface area (Å²) in [5.74, 6) is -0.582. The van der Waals surface area contributed by atoms with Crippen molar-refractivity contribution in [3.8, 4) is 0 Å². The van der Waals surface area contributed by atoms with Gasteiger partial charge < -0.3 is 14.6 Å². The molecule has 1 N–H and O–H groups in total. The molecule has 1 fully saturated rings. The number of esters is 1. The van der Waals surface area contributed by atoms with E-state index < -0.39 is 28.0 Å². The molecule has 1 unspecified atom stereocenters. The van der Waals surface area contributed by atoms with Gasteiger partial charge in [-0.15, -0.1) is 0 Å². The quantitative estimate of drug-likeness (QED) is 0.671. The number of hydrogen-bond acceptors (Lipinski definition) is 6. The predicted octanol–water partition coefficient (Wildman–Crippen LogP) is 0.587. The molecule has 2 rings (SSSR count). The van der Waals surface area contributed by atoms with E-state index in [1.165, 1.54) is 17.4 Å². The van der Waals surface area contributed by atoms with Crippen molar-refractivity contribution in [2.24, 2.45) is 13.0 Å². The number of aromatic nitrogens is 2. The number of carbonyl (C=O) groups excluding carboxylic acids is 2. The molecule has 27 heavy (non-hydrogen) atoms. The van der Waals surface area contributed by atoms with Crippen LogP contribution in [0.3, 0.4) is 0 Å². The number of piperidine rings is 1. The molecule has 1 aliphatic rings. The molecule has 0 saturated carbocycles. The van der Waals surface area contributed by atoms with E-state index in [0.29, 0.717) is 25.2 Å². The zero-order valence-corrected chi connectivity index (χ0v) is 17.1. The molecule has 2 heterocycles. The number of aryl methyl sites for hydroxylation is 2. The van der Waals surface area contributed by atoms with Gasteiger partial charge in [-0.3, -0.25) is 9.59 Å². The highest BCUT2D eigenvalue weighted by Crippen LogP contribution is 2.24. The lowest BCUT2D eigenvalue weighted by Gasteiger charge is -2.30. The lowest BCUT2D eigenvalue weighted by atomic mass is 9.98. The Labute approximate surface area is 160 Å². The highest BCUT2D eigenvalue weighted by atomic mass is 32.2. The molecule has 0 spiro atoms. The molecule has 1 amide bonds. The van der Waals surface area contributed by atoms with E-state index in [2.05, 4.69) is 10.3 Å². The van der Waals surface area contributed by atoms with E-state index in [4.69, 9.17) is 4.74 Å². The monoisotopic (exact) mass is 400 g/mol. The van der Waals surface area contributed by atoms with Gasteiger partial charge in [-0.2, -0.15) is 4.31 Å². The maximum Gasteiger partial charge on any atom is 0.309 e. The molecule has 0 bridgehead atoms. The topological polar surface area (TPSA) is 111 Å². The summed E-state index contributed by atoms with van der Waals surface area (Å²) < 4.78 is 33.6. The number of nitrogens with zero attached hydrogens (tertiary/aromatic N) is 3. The number of imidazole rings is 1. The van der Waals surface area contributed by atoms with Crippen LogP contribution >= 0.6 is 0 Å². The summed E-state index contributed by atoms with van der Waals surface area (Å²) in [6.45, 7) is 6.17. The van der Waals surface area contributed by atoms with Crippen molar-refractivity contribution in [2.75, 3.05) is 19.6 Å². The smallest absolute Gasteiger partial charge is 0.309 e. The lowest BCUT2D eigenvalue weighted by Crippen LogP contribution is -2.42. The van der Waals surface area contributed by atoms with Gasteiger partial charge in [-0.05, 0) is 33.1 Å². The van der Waals surface area contributed by atoms with Crippen LogP contribution in [0.25, 0.3) is 0 Å². The molecular formula is C17H28N4O5S. The van der Waals surface area contributed by atoms with E-state index in [1.807, 2.05) is 6.92 Å². The van der Waals surface area contributed by atoms with E-state index in [9.17, 15) is 18.0 Å². The standard InChI is InChI=1S/C17H28N4O5S/c1-5-8-18-16(22)12(2)26-17(23)14-6-9-21(10-7-14)27(24,25)15-11-20(4)13(3)19-15/h11-12,14H,5-10H2,1-4H3,(H,18,22). The summed E-state index contributed by atoms with van der Waals surface area (Å²) in [5, 5.41) is 2.70. The fourth-order valence-corrected chi connectivity index (χ4v) is 4.33. The molecular weight excluding hydrogens is 372 g/mol. The first-order valence-electron chi connectivity index (χ1n) is 9.15. The van der Waals surface area contributed by atoms with Crippen LogP contribution in [0, 0.1) is 12.8 Å². The largest absolute Gasteiger partial charge is 0.452 e. The van der Waals surface area contributed by atoms with Gasteiger partial charge in [0.2, 0.25) is 0 Å². The summed E-state index contributed by atoms with van der Waals surface area (Å²) in [5.41, 5.74) is 0. The molecule has 9 nitrogen and oxygen atoms in total. The van der Waals surface area contributed by atoms with E-state index >= 15 is 0 Å². The summed E-state index contributed by atoms with van der Waals surface area (Å²) >= 11 is 0. The van der Waals surface area contributed by atoms with Gasteiger partial charge in [-0.1, -0.05) is 6.92 Å². The van der Waals surface area contributed by atoms with E-state index in [1.54, 1.807) is 18.5 Å². The van der Waals surface area contributed by atoms with Crippen LogP contribution < -0.4 is 5.32 Å². The van der Waals surface area contributed by atoms with Gasteiger partial charge in [0.05, 0.1) is 5.92 Å². The second-order valence-electron chi connectivity index (χ2n) is 6.79. The fraction of sp³-hybridized carbons (Fsp3) is 0.706. The second kappa shape index (κ2) is 8.83. The van der Waals surface area contributed by atoms with Crippen molar-refractivity contribution < 1.29 is 22.7 Å². The number of nitrogens with one attached hydrogen (secondary N) is 1. The number of amides is 1. The average molecular weight is 401 g/mol. The van der Waals surface area contributed by atoms with Crippen LogP contribution in [-0.2, 0) is 31.4 Å². The third-order valence-corrected chi connectivity index (χ3v) is 6.46. The predicted molar refractivity (Wildman–Crippen MR) is 98.3 cm³/mol.